The van der Waals surface area contributed by atoms with Crippen LogP contribution < -0.4 is 16.2 Å². The summed E-state index contributed by atoms with van der Waals surface area (Å²) in [6.45, 7) is 2.33. The van der Waals surface area contributed by atoms with Gasteiger partial charge in [0.05, 0.1) is 10.5 Å². The Bertz CT molecular complexity index is 1420. The summed E-state index contributed by atoms with van der Waals surface area (Å²) in [6.07, 6.45) is 3.69. The fourth-order valence-electron chi connectivity index (χ4n) is 5.14. The number of anilines is 1. The highest BCUT2D eigenvalue weighted by atomic mass is 35.5. The standard InChI is InChI=1S/C26H27ClN4O3/c1-15-22-24(30-34-15)23-20(27)7-4-8-21(23)31(26(22)33)19-6-3-5-16(13-19)14-29-25(32)17-9-11-18(28-2)12-10-17/h4,7-12,16,19,28H,3,5-6,13-14H2,1-2H3,(H,29,32). The van der Waals surface area contributed by atoms with Gasteiger partial charge in [0.1, 0.15) is 16.7 Å². The number of halogens is 1. The van der Waals surface area contributed by atoms with Gasteiger partial charge in [0.25, 0.3) is 11.5 Å². The molecule has 2 N–H and O–H groups in total. The molecule has 2 aromatic carbocycles. The van der Waals surface area contributed by atoms with Crippen LogP contribution in [0.1, 0.15) is 47.8 Å². The second kappa shape index (κ2) is 9.14. The van der Waals surface area contributed by atoms with E-state index in [0.717, 1.165) is 42.3 Å². The lowest BCUT2D eigenvalue weighted by atomic mass is 9.85. The normalized spacial score (nSPS) is 18.3. The van der Waals surface area contributed by atoms with E-state index in [-0.39, 0.29) is 23.4 Å². The Labute approximate surface area is 202 Å². The minimum atomic E-state index is -0.0946. The van der Waals surface area contributed by atoms with Crippen LogP contribution in [0, 0.1) is 12.8 Å². The van der Waals surface area contributed by atoms with E-state index < -0.39 is 0 Å². The molecule has 2 heterocycles. The minimum absolute atomic E-state index is 0.0118. The average molecular weight is 479 g/mol. The number of carbonyl (C=O) groups excluding carboxylic acids is 1. The molecule has 176 valence electrons. The van der Waals surface area contributed by atoms with Crippen LogP contribution in [0.4, 0.5) is 5.69 Å². The van der Waals surface area contributed by atoms with Crippen molar-refractivity contribution < 1.29 is 9.32 Å². The Kier molecular flexibility index (Phi) is 6.04. The number of hydrogen-bond acceptors (Lipinski definition) is 5. The highest BCUT2D eigenvalue weighted by Gasteiger charge is 2.28. The van der Waals surface area contributed by atoms with E-state index in [4.69, 9.17) is 16.1 Å². The Morgan fingerprint density at radius 2 is 1.97 bits per heavy atom. The number of rotatable bonds is 5. The molecule has 0 saturated heterocycles. The zero-order chi connectivity index (χ0) is 23.8. The number of nitrogens with zero attached hydrogens (tertiary/aromatic N) is 2. The first kappa shape index (κ1) is 22.5. The van der Waals surface area contributed by atoms with Crippen molar-refractivity contribution in [1.82, 2.24) is 15.0 Å². The highest BCUT2D eigenvalue weighted by molar-refractivity contribution is 6.37. The first-order valence-electron chi connectivity index (χ1n) is 11.6. The molecule has 2 unspecified atom stereocenters. The van der Waals surface area contributed by atoms with Crippen LogP contribution in [0.15, 0.2) is 51.8 Å². The number of benzene rings is 2. The maximum absolute atomic E-state index is 13.6. The van der Waals surface area contributed by atoms with Crippen LogP contribution in [0.25, 0.3) is 21.8 Å². The molecule has 5 rings (SSSR count). The van der Waals surface area contributed by atoms with Crippen LogP contribution in [0.5, 0.6) is 0 Å². The van der Waals surface area contributed by atoms with Gasteiger partial charge >= 0.3 is 0 Å². The predicted molar refractivity (Wildman–Crippen MR) is 135 cm³/mol. The fraction of sp³-hybridized carbons (Fsp3) is 0.346. The van der Waals surface area contributed by atoms with Gasteiger partial charge < -0.3 is 19.7 Å². The molecule has 1 amide bonds. The predicted octanol–water partition coefficient (Wildman–Crippen LogP) is 5.31. The van der Waals surface area contributed by atoms with Gasteiger partial charge in [0.2, 0.25) is 0 Å². The van der Waals surface area contributed by atoms with E-state index in [9.17, 15) is 9.59 Å². The van der Waals surface area contributed by atoms with Crippen LogP contribution in [0.3, 0.4) is 0 Å². The third-order valence-electron chi connectivity index (χ3n) is 6.89. The number of nitrogens with one attached hydrogen (secondary N) is 2. The van der Waals surface area contributed by atoms with Crippen molar-refractivity contribution >= 4 is 45.0 Å². The minimum Gasteiger partial charge on any atom is -0.388 e. The van der Waals surface area contributed by atoms with Crippen molar-refractivity contribution in [2.45, 2.75) is 38.6 Å². The number of hydrogen-bond donors (Lipinski definition) is 2. The maximum Gasteiger partial charge on any atom is 0.264 e. The van der Waals surface area contributed by atoms with Gasteiger partial charge in [-0.05, 0) is 68.5 Å². The molecule has 1 saturated carbocycles. The van der Waals surface area contributed by atoms with Crippen molar-refractivity contribution in [3.05, 3.63) is 69.2 Å². The summed E-state index contributed by atoms with van der Waals surface area (Å²) >= 11 is 6.55. The molecule has 34 heavy (non-hydrogen) atoms. The number of carbonyl (C=O) groups is 1. The second-order valence-electron chi connectivity index (χ2n) is 9.00. The van der Waals surface area contributed by atoms with E-state index in [1.54, 1.807) is 6.92 Å². The van der Waals surface area contributed by atoms with Gasteiger partial charge in [0, 0.05) is 36.3 Å². The van der Waals surface area contributed by atoms with Gasteiger partial charge in [-0.25, -0.2) is 0 Å². The lowest BCUT2D eigenvalue weighted by Gasteiger charge is -2.31. The molecule has 1 aliphatic rings. The average Bonchev–Trinajstić information content (AvgIpc) is 3.24. The van der Waals surface area contributed by atoms with E-state index in [1.165, 1.54) is 0 Å². The molecule has 0 bridgehead atoms. The van der Waals surface area contributed by atoms with Gasteiger partial charge in [0.15, 0.2) is 0 Å². The van der Waals surface area contributed by atoms with Gasteiger partial charge in [-0.1, -0.05) is 29.2 Å². The topological polar surface area (TPSA) is 89.2 Å². The van der Waals surface area contributed by atoms with E-state index in [0.29, 0.717) is 33.8 Å². The summed E-state index contributed by atoms with van der Waals surface area (Å²) in [7, 11) is 1.85. The van der Waals surface area contributed by atoms with E-state index >= 15 is 0 Å². The van der Waals surface area contributed by atoms with Crippen LogP contribution >= 0.6 is 11.6 Å². The number of pyridine rings is 1. The lowest BCUT2D eigenvalue weighted by molar-refractivity contribution is 0.0940. The maximum atomic E-state index is 13.6. The van der Waals surface area contributed by atoms with Crippen molar-refractivity contribution in [3.8, 4) is 0 Å². The van der Waals surface area contributed by atoms with Crippen molar-refractivity contribution in [1.29, 1.82) is 0 Å². The molecule has 2 atom stereocenters. The molecule has 2 aromatic heterocycles. The van der Waals surface area contributed by atoms with Gasteiger partial charge in [-0.2, -0.15) is 0 Å². The summed E-state index contributed by atoms with van der Waals surface area (Å²) in [5.74, 6) is 0.694. The summed E-state index contributed by atoms with van der Waals surface area (Å²) in [5.41, 5.74) is 2.80. The third-order valence-corrected chi connectivity index (χ3v) is 7.21. The Balaban J connectivity index is 1.41. The first-order valence-corrected chi connectivity index (χ1v) is 12.0. The lowest BCUT2D eigenvalue weighted by Crippen LogP contribution is -2.34. The number of aryl methyl sites for hydroxylation is 1. The number of fused-ring (bicyclic) bond motifs is 3. The van der Waals surface area contributed by atoms with Gasteiger partial charge in [-0.3, -0.25) is 9.59 Å². The molecule has 1 aliphatic carbocycles. The largest absolute Gasteiger partial charge is 0.388 e. The SMILES string of the molecule is CNc1ccc(C(=O)NCC2CCCC(n3c(=O)c4c(C)onc4c4c(Cl)cccc43)C2)cc1. The number of amides is 1. The van der Waals surface area contributed by atoms with Crippen molar-refractivity contribution in [2.75, 3.05) is 18.9 Å². The fourth-order valence-corrected chi connectivity index (χ4v) is 5.40. The number of aromatic nitrogens is 2. The first-order chi connectivity index (χ1) is 16.5. The monoisotopic (exact) mass is 478 g/mol. The quantitative estimate of drug-likeness (QED) is 0.406. The Hall–Kier alpha value is -3.32. The molecular weight excluding hydrogens is 452 g/mol. The van der Waals surface area contributed by atoms with Crippen molar-refractivity contribution in [2.24, 2.45) is 5.92 Å². The molecule has 0 radical (unpaired) electrons. The van der Waals surface area contributed by atoms with Gasteiger partial charge in [-0.15, -0.1) is 0 Å². The summed E-state index contributed by atoms with van der Waals surface area (Å²) in [4.78, 5) is 26.2. The second-order valence-corrected chi connectivity index (χ2v) is 9.40. The molecule has 7 nitrogen and oxygen atoms in total. The zero-order valence-corrected chi connectivity index (χ0v) is 20.0. The van der Waals surface area contributed by atoms with E-state index in [1.807, 2.05) is 54.1 Å². The third kappa shape index (κ3) is 3.94. The summed E-state index contributed by atoms with van der Waals surface area (Å²) < 4.78 is 7.24. The van der Waals surface area contributed by atoms with Crippen LogP contribution in [0.2, 0.25) is 5.02 Å². The van der Waals surface area contributed by atoms with E-state index in [2.05, 4.69) is 15.8 Å². The molecule has 4 aromatic rings. The summed E-state index contributed by atoms with van der Waals surface area (Å²) in [5, 5.41) is 12.1. The zero-order valence-electron chi connectivity index (χ0n) is 19.2. The Morgan fingerprint density at radius 1 is 1.18 bits per heavy atom. The highest BCUT2D eigenvalue weighted by Crippen LogP contribution is 2.36. The molecular formula is C26H27ClN4O3. The smallest absolute Gasteiger partial charge is 0.264 e. The molecule has 8 heteroatoms. The van der Waals surface area contributed by atoms with Crippen LogP contribution in [-0.4, -0.2) is 29.2 Å². The summed E-state index contributed by atoms with van der Waals surface area (Å²) in [6, 6.07) is 13.0. The molecule has 0 aliphatic heterocycles. The van der Waals surface area contributed by atoms with Crippen molar-refractivity contribution in [3.63, 3.8) is 0 Å². The molecule has 1 fully saturated rings. The Morgan fingerprint density at radius 3 is 2.74 bits per heavy atom. The molecule has 0 spiro atoms. The van der Waals surface area contributed by atoms with Crippen LogP contribution in [-0.2, 0) is 0 Å².